The summed E-state index contributed by atoms with van der Waals surface area (Å²) in [5, 5.41) is 0.0305. The number of fused-ring (bicyclic) bond motifs is 9. The highest BCUT2D eigenvalue weighted by Crippen LogP contribution is 2.65. The first-order valence-corrected chi connectivity index (χ1v) is 34.1. The van der Waals surface area contributed by atoms with Crippen molar-refractivity contribution in [2.45, 2.75) is 70.6 Å². The summed E-state index contributed by atoms with van der Waals surface area (Å²) >= 11 is 0. The number of benzene rings is 14. The van der Waals surface area contributed by atoms with E-state index in [0.717, 1.165) is 118 Å². The quantitative estimate of drug-likeness (QED) is 0.143. The molecular formula is C95H75N3. The molecule has 3 heteroatoms. The van der Waals surface area contributed by atoms with Crippen molar-refractivity contribution in [3.05, 3.63) is 377 Å². The third kappa shape index (κ3) is 9.69. The zero-order chi connectivity index (χ0) is 72.9. The van der Waals surface area contributed by atoms with E-state index in [-0.39, 0.29) is 62.7 Å². The van der Waals surface area contributed by atoms with Gasteiger partial charge in [0.25, 0.3) is 0 Å². The normalized spacial score (nSPS) is 15.1. The lowest BCUT2D eigenvalue weighted by atomic mass is 9.71. The largest absolute Gasteiger partial charge is 0.309 e. The minimum atomic E-state index is -0.495. The molecule has 2 aliphatic heterocycles. The predicted octanol–water partition coefficient (Wildman–Crippen LogP) is 25.5. The fourth-order valence-electron chi connectivity index (χ4n) is 16.0. The van der Waals surface area contributed by atoms with Crippen LogP contribution in [0.15, 0.2) is 321 Å². The number of aromatic nitrogens is 1. The Morgan fingerprint density at radius 2 is 0.735 bits per heavy atom. The molecule has 0 saturated carbocycles. The molecule has 1 unspecified atom stereocenters. The van der Waals surface area contributed by atoms with Gasteiger partial charge in [0.2, 0.25) is 0 Å². The molecule has 470 valence electrons. The highest BCUT2D eigenvalue weighted by atomic mass is 15.2. The van der Waals surface area contributed by atoms with E-state index in [2.05, 4.69) is 306 Å². The van der Waals surface area contributed by atoms with Crippen LogP contribution in [-0.4, -0.2) is 4.57 Å². The molecule has 1 aromatic heterocycles. The van der Waals surface area contributed by atoms with Crippen LogP contribution in [0.25, 0.3) is 83.1 Å². The summed E-state index contributed by atoms with van der Waals surface area (Å²) in [6.07, 6.45) is 0.776. The van der Waals surface area contributed by atoms with Crippen molar-refractivity contribution in [1.82, 2.24) is 4.57 Å². The van der Waals surface area contributed by atoms with E-state index >= 15 is 0 Å². The lowest BCUT2D eigenvalue weighted by Crippen LogP contribution is -2.31. The van der Waals surface area contributed by atoms with E-state index in [1.54, 1.807) is 4.57 Å². The van der Waals surface area contributed by atoms with Crippen LogP contribution in [0.1, 0.15) is 120 Å². The number of anilines is 6. The van der Waals surface area contributed by atoms with Crippen molar-refractivity contribution >= 4 is 55.9 Å². The minimum absolute atomic E-state index is 0.0152. The minimum Gasteiger partial charge on any atom is -0.309 e. The second-order valence-corrected chi connectivity index (χ2v) is 28.6. The van der Waals surface area contributed by atoms with Crippen LogP contribution in [0.2, 0.25) is 0 Å². The van der Waals surface area contributed by atoms with Gasteiger partial charge in [0.1, 0.15) is 0 Å². The standard InChI is InChI=1S/C95H75N3/c1-94(2,3)70-54-68(55-71(59-70)95(4,5)6)65-49-51-81-85(56-65)97(92-75(61-29-11-7-12-30-61)43-27-44-76(92)62-31-13-8-14-32-62)87-57-69(89-73-39-21-19-37-66(73)53-67-38-20-22-40-74(67)89)58-88-91(87)90(81)82-52-50-72(96-83-47-25-23-41-79(83)80-42-24-26-48-84(80)96)60-86(82)98(88)93-77(63-33-15-9-16-34-63)45-28-46-78(93)64-35-17-10-18-36-64/h7-52,54-60,89-90H,53H2,1-6H3/i23D,24D,25D,26D,41D,42D,47D,48D. The highest BCUT2D eigenvalue weighted by molar-refractivity contribution is 6.11. The maximum Gasteiger partial charge on any atom is 0.0645 e. The summed E-state index contributed by atoms with van der Waals surface area (Å²) in [6, 6.07) is 95.9. The molecule has 15 aromatic rings. The van der Waals surface area contributed by atoms with E-state index in [1.165, 1.54) is 33.4 Å². The second-order valence-electron chi connectivity index (χ2n) is 28.6. The molecule has 0 N–H and O–H groups in total. The first-order valence-electron chi connectivity index (χ1n) is 38.1. The topological polar surface area (TPSA) is 11.4 Å². The third-order valence-electron chi connectivity index (χ3n) is 20.7. The van der Waals surface area contributed by atoms with Crippen LogP contribution < -0.4 is 9.80 Å². The maximum absolute atomic E-state index is 9.85. The molecular weight excluding hydrogens is 1180 g/mol. The van der Waals surface area contributed by atoms with Crippen molar-refractivity contribution in [2.75, 3.05) is 9.80 Å². The Bertz CT molecular complexity index is 5860. The molecule has 3 aliphatic rings. The van der Waals surface area contributed by atoms with Gasteiger partial charge in [0.15, 0.2) is 0 Å². The highest BCUT2D eigenvalue weighted by Gasteiger charge is 2.45. The molecule has 14 aromatic carbocycles. The summed E-state index contributed by atoms with van der Waals surface area (Å²) in [6.45, 7) is 13.8. The van der Waals surface area contributed by atoms with Crippen LogP contribution in [0, 0.1) is 0 Å². The van der Waals surface area contributed by atoms with Crippen molar-refractivity contribution in [3.63, 3.8) is 0 Å². The van der Waals surface area contributed by atoms with Gasteiger partial charge in [-0.05, 0) is 143 Å². The molecule has 3 nitrogen and oxygen atoms in total. The molecule has 1 aliphatic carbocycles. The Hall–Kier alpha value is -11.5. The van der Waals surface area contributed by atoms with E-state index in [9.17, 15) is 8.22 Å². The van der Waals surface area contributed by atoms with Gasteiger partial charge < -0.3 is 14.4 Å². The molecule has 0 fully saturated rings. The molecule has 3 heterocycles. The molecule has 0 radical (unpaired) electrons. The van der Waals surface area contributed by atoms with Crippen molar-refractivity contribution in [2.24, 2.45) is 0 Å². The molecule has 0 spiro atoms. The van der Waals surface area contributed by atoms with Gasteiger partial charge in [0, 0.05) is 56.1 Å². The maximum atomic E-state index is 9.85. The summed E-state index contributed by atoms with van der Waals surface area (Å²) in [5.41, 5.74) is 27.6. The number of hydrogen-bond donors (Lipinski definition) is 0. The predicted molar refractivity (Wildman–Crippen MR) is 412 cm³/mol. The molecule has 0 amide bonds. The fraction of sp³-hybridized carbons (Fsp3) is 0.116. The number of rotatable bonds is 9. The van der Waals surface area contributed by atoms with Gasteiger partial charge in [-0.15, -0.1) is 0 Å². The molecule has 98 heavy (non-hydrogen) atoms. The summed E-state index contributed by atoms with van der Waals surface area (Å²) < 4.78 is 77.3. The van der Waals surface area contributed by atoms with Crippen LogP contribution >= 0.6 is 0 Å². The lowest BCUT2D eigenvalue weighted by Gasteiger charge is -2.47. The van der Waals surface area contributed by atoms with Crippen LogP contribution in [0.5, 0.6) is 0 Å². The van der Waals surface area contributed by atoms with Crippen molar-refractivity contribution in [1.29, 1.82) is 0 Å². The summed E-state index contributed by atoms with van der Waals surface area (Å²) in [4.78, 5) is 5.07. The molecule has 18 rings (SSSR count). The average Bonchev–Trinajstić information content (AvgIpc) is 0.814. The molecule has 0 bridgehead atoms. The molecule has 1 atom stereocenters. The molecule has 0 saturated heterocycles. The summed E-state index contributed by atoms with van der Waals surface area (Å²) in [5.74, 6) is -0.752. The zero-order valence-corrected chi connectivity index (χ0v) is 55.7. The van der Waals surface area contributed by atoms with Gasteiger partial charge in [-0.25, -0.2) is 0 Å². The first kappa shape index (κ1) is 50.8. The SMILES string of the molecule is [2H]c1c([2H])c([2H])c2c(c1[2H])c1c([2H])c([2H])c([2H])c([2H])c1n2-c1ccc2c(c1)N(c1c(-c3ccccc3)cccc1-c1ccccc1)c1cc(C3c4ccccc4Cc4ccccc43)cc3c1C2c1ccc(-c2cc(C(C)(C)C)cc(C(C)(C)C)c2)cc1N3c1c(-c2ccccc2)cccc1-c1ccccc1. The Morgan fingerprint density at radius 3 is 1.18 bits per heavy atom. The first-order chi connectivity index (χ1) is 51.2. The van der Waals surface area contributed by atoms with Gasteiger partial charge in [-0.2, -0.15) is 0 Å². The smallest absolute Gasteiger partial charge is 0.0645 e. The Balaban J connectivity index is 1.06. The lowest BCUT2D eigenvalue weighted by molar-refractivity contribution is 0.569. The van der Waals surface area contributed by atoms with Gasteiger partial charge >= 0.3 is 0 Å². The number of nitrogens with zero attached hydrogens (tertiary/aromatic N) is 3. The van der Waals surface area contributed by atoms with Crippen molar-refractivity contribution in [3.8, 4) is 61.3 Å². The Kier molecular flexibility index (Phi) is 12.0. The third-order valence-corrected chi connectivity index (χ3v) is 20.7. The van der Waals surface area contributed by atoms with E-state index in [1.807, 2.05) is 18.2 Å². The van der Waals surface area contributed by atoms with Gasteiger partial charge in [-0.1, -0.05) is 320 Å². The van der Waals surface area contributed by atoms with Crippen molar-refractivity contribution < 1.29 is 11.0 Å². The van der Waals surface area contributed by atoms with E-state index in [0.29, 0.717) is 5.69 Å². The Labute approximate surface area is 587 Å². The summed E-state index contributed by atoms with van der Waals surface area (Å²) in [7, 11) is 0. The van der Waals surface area contributed by atoms with Crippen LogP contribution in [0.3, 0.4) is 0 Å². The Morgan fingerprint density at radius 1 is 0.327 bits per heavy atom. The second kappa shape index (κ2) is 23.1. The zero-order valence-electron chi connectivity index (χ0n) is 63.7. The average molecular weight is 1270 g/mol. The monoisotopic (exact) mass is 1270 g/mol. The van der Waals surface area contributed by atoms with E-state index in [4.69, 9.17) is 2.74 Å². The number of para-hydroxylation sites is 4. The number of hydrogen-bond acceptors (Lipinski definition) is 2. The van der Waals surface area contributed by atoms with Crippen LogP contribution in [0.4, 0.5) is 34.1 Å². The fourth-order valence-corrected chi connectivity index (χ4v) is 16.0. The van der Waals surface area contributed by atoms with Crippen LogP contribution in [-0.2, 0) is 17.3 Å². The van der Waals surface area contributed by atoms with Gasteiger partial charge in [0.05, 0.1) is 56.1 Å². The van der Waals surface area contributed by atoms with E-state index < -0.39 is 30.1 Å². The van der Waals surface area contributed by atoms with Gasteiger partial charge in [-0.3, -0.25) is 0 Å².